The Bertz CT molecular complexity index is 538. The fourth-order valence-corrected chi connectivity index (χ4v) is 2.48. The molecule has 1 aliphatic rings. The number of fused-ring (bicyclic) bond motifs is 1. The maximum atomic E-state index is 5.62. The molecule has 0 unspecified atom stereocenters. The summed E-state index contributed by atoms with van der Waals surface area (Å²) in [5.74, 6) is 0. The molecule has 0 saturated heterocycles. The Balaban J connectivity index is 1.84. The number of ether oxygens (including phenoxy) is 1. The van der Waals surface area contributed by atoms with Gasteiger partial charge in [-0.3, -0.25) is 0 Å². The summed E-state index contributed by atoms with van der Waals surface area (Å²) in [6, 6.07) is 16.9. The zero-order chi connectivity index (χ0) is 12.4. The molecule has 3 heteroatoms. The monoisotopic (exact) mass is 303 g/mol. The third kappa shape index (κ3) is 2.42. The predicted octanol–water partition coefficient (Wildman–Crippen LogP) is 3.94. The van der Waals surface area contributed by atoms with E-state index in [1.165, 1.54) is 16.8 Å². The molecule has 0 N–H and O–H groups in total. The Labute approximate surface area is 115 Å². The first-order valence-electron chi connectivity index (χ1n) is 5.98. The predicted molar refractivity (Wildman–Crippen MR) is 76.4 cm³/mol. The van der Waals surface area contributed by atoms with Gasteiger partial charge in [0.25, 0.3) is 0 Å². The van der Waals surface area contributed by atoms with E-state index in [0.29, 0.717) is 13.3 Å². The van der Waals surface area contributed by atoms with Gasteiger partial charge in [0.1, 0.15) is 6.73 Å². The second-order valence-electron chi connectivity index (χ2n) is 4.43. The molecule has 92 valence electrons. The van der Waals surface area contributed by atoms with E-state index in [9.17, 15) is 0 Å². The molecule has 1 aliphatic heterocycles. The lowest BCUT2D eigenvalue weighted by atomic mass is 10.1. The fraction of sp³-hybridized carbons (Fsp3) is 0.200. The van der Waals surface area contributed by atoms with Crippen molar-refractivity contribution in [2.75, 3.05) is 11.6 Å². The average molecular weight is 304 g/mol. The van der Waals surface area contributed by atoms with E-state index in [2.05, 4.69) is 69.4 Å². The van der Waals surface area contributed by atoms with Gasteiger partial charge in [0.05, 0.1) is 6.61 Å². The molecule has 0 atom stereocenters. The first-order chi connectivity index (χ1) is 8.83. The van der Waals surface area contributed by atoms with E-state index in [1.807, 2.05) is 0 Å². The van der Waals surface area contributed by atoms with Crippen LogP contribution in [0, 0.1) is 0 Å². The van der Waals surface area contributed by atoms with Crippen LogP contribution in [0.2, 0.25) is 0 Å². The van der Waals surface area contributed by atoms with Crippen molar-refractivity contribution in [2.24, 2.45) is 0 Å². The smallest absolute Gasteiger partial charge is 0.119 e. The van der Waals surface area contributed by atoms with Gasteiger partial charge in [-0.2, -0.15) is 0 Å². The molecule has 0 amide bonds. The number of hydrogen-bond donors (Lipinski definition) is 0. The molecule has 2 nitrogen and oxygen atoms in total. The van der Waals surface area contributed by atoms with Crippen LogP contribution in [0.25, 0.3) is 0 Å². The molecule has 0 saturated carbocycles. The summed E-state index contributed by atoms with van der Waals surface area (Å²) in [6.07, 6.45) is 0. The molecular weight excluding hydrogens is 290 g/mol. The summed E-state index contributed by atoms with van der Waals surface area (Å²) in [6.45, 7) is 2.25. The number of para-hydroxylation sites is 1. The van der Waals surface area contributed by atoms with Crippen molar-refractivity contribution >= 4 is 21.6 Å². The number of rotatable bonds is 2. The molecule has 18 heavy (non-hydrogen) atoms. The van der Waals surface area contributed by atoms with Crippen molar-refractivity contribution in [2.45, 2.75) is 13.2 Å². The van der Waals surface area contributed by atoms with E-state index >= 15 is 0 Å². The molecule has 1 heterocycles. The summed E-state index contributed by atoms with van der Waals surface area (Å²) in [5.41, 5.74) is 3.84. The molecule has 0 aliphatic carbocycles. The maximum absolute atomic E-state index is 5.62. The Morgan fingerprint density at radius 1 is 1.06 bits per heavy atom. The minimum absolute atomic E-state index is 0.660. The van der Waals surface area contributed by atoms with E-state index in [-0.39, 0.29) is 0 Å². The highest BCUT2D eigenvalue weighted by Gasteiger charge is 2.16. The largest absolute Gasteiger partial charge is 0.356 e. The number of nitrogens with zero attached hydrogens (tertiary/aromatic N) is 1. The van der Waals surface area contributed by atoms with Crippen LogP contribution >= 0.6 is 15.9 Å². The highest BCUT2D eigenvalue weighted by molar-refractivity contribution is 9.10. The molecule has 3 rings (SSSR count). The normalized spacial score (nSPS) is 14.4. The lowest BCUT2D eigenvalue weighted by Gasteiger charge is -2.31. The van der Waals surface area contributed by atoms with Crippen molar-refractivity contribution < 1.29 is 4.74 Å². The summed E-state index contributed by atoms with van der Waals surface area (Å²) >= 11 is 3.46. The van der Waals surface area contributed by atoms with Crippen LogP contribution < -0.4 is 4.90 Å². The lowest BCUT2D eigenvalue weighted by molar-refractivity contribution is 0.109. The second kappa shape index (κ2) is 5.12. The fourth-order valence-electron chi connectivity index (χ4n) is 2.22. The van der Waals surface area contributed by atoms with Gasteiger partial charge in [-0.15, -0.1) is 0 Å². The van der Waals surface area contributed by atoms with Crippen molar-refractivity contribution in [3.63, 3.8) is 0 Å². The van der Waals surface area contributed by atoms with E-state index in [4.69, 9.17) is 4.74 Å². The molecule has 0 spiro atoms. The van der Waals surface area contributed by atoms with Gasteiger partial charge in [0.2, 0.25) is 0 Å². The van der Waals surface area contributed by atoms with Crippen LogP contribution in [-0.2, 0) is 17.9 Å². The van der Waals surface area contributed by atoms with E-state index < -0.39 is 0 Å². The van der Waals surface area contributed by atoms with Crippen molar-refractivity contribution in [3.05, 3.63) is 64.1 Å². The van der Waals surface area contributed by atoms with Gasteiger partial charge in [-0.05, 0) is 23.8 Å². The number of benzene rings is 2. The van der Waals surface area contributed by atoms with Crippen LogP contribution in [0.15, 0.2) is 53.0 Å². The minimum Gasteiger partial charge on any atom is -0.356 e. The van der Waals surface area contributed by atoms with E-state index in [0.717, 1.165) is 11.0 Å². The summed E-state index contributed by atoms with van der Waals surface area (Å²) < 4.78 is 6.73. The van der Waals surface area contributed by atoms with Crippen LogP contribution in [0.1, 0.15) is 11.1 Å². The molecule has 0 aromatic heterocycles. The summed E-state index contributed by atoms with van der Waals surface area (Å²) in [4.78, 5) is 2.27. The van der Waals surface area contributed by atoms with Gasteiger partial charge in [0.15, 0.2) is 0 Å². The van der Waals surface area contributed by atoms with Crippen molar-refractivity contribution in [1.29, 1.82) is 0 Å². The number of anilines is 1. The molecule has 2 aromatic carbocycles. The van der Waals surface area contributed by atoms with E-state index in [1.54, 1.807) is 0 Å². The minimum atomic E-state index is 0.660. The summed E-state index contributed by atoms with van der Waals surface area (Å²) in [7, 11) is 0. The van der Waals surface area contributed by atoms with Gasteiger partial charge >= 0.3 is 0 Å². The van der Waals surface area contributed by atoms with Gasteiger partial charge in [-0.25, -0.2) is 0 Å². The summed E-state index contributed by atoms with van der Waals surface area (Å²) in [5, 5.41) is 0. The SMILES string of the molecule is Brc1ccc(CN2COCc3ccccc32)cc1. The number of hydrogen-bond acceptors (Lipinski definition) is 2. The van der Waals surface area contributed by atoms with Crippen molar-refractivity contribution in [1.82, 2.24) is 0 Å². The van der Waals surface area contributed by atoms with Gasteiger partial charge < -0.3 is 9.64 Å². The van der Waals surface area contributed by atoms with Gasteiger partial charge in [0, 0.05) is 22.3 Å². The standard InChI is InChI=1S/C15H14BrNO/c16-14-7-5-12(6-8-14)9-17-11-18-10-13-3-1-2-4-15(13)17/h1-8H,9-11H2. The highest BCUT2D eigenvalue weighted by atomic mass is 79.9. The van der Waals surface area contributed by atoms with Crippen LogP contribution in [0.5, 0.6) is 0 Å². The Hall–Kier alpha value is -1.32. The molecule has 0 radical (unpaired) electrons. The Morgan fingerprint density at radius 3 is 2.67 bits per heavy atom. The highest BCUT2D eigenvalue weighted by Crippen LogP contribution is 2.27. The third-order valence-electron chi connectivity index (χ3n) is 3.12. The first kappa shape index (κ1) is 11.8. The molecule has 0 bridgehead atoms. The third-order valence-corrected chi connectivity index (χ3v) is 3.65. The van der Waals surface area contributed by atoms with Crippen LogP contribution in [0.3, 0.4) is 0 Å². The molecule has 2 aromatic rings. The number of halogens is 1. The first-order valence-corrected chi connectivity index (χ1v) is 6.77. The second-order valence-corrected chi connectivity index (χ2v) is 5.35. The zero-order valence-electron chi connectivity index (χ0n) is 9.97. The maximum Gasteiger partial charge on any atom is 0.119 e. The molecular formula is C15H14BrNO. The van der Waals surface area contributed by atoms with Gasteiger partial charge in [-0.1, -0.05) is 46.3 Å². The van der Waals surface area contributed by atoms with Crippen LogP contribution in [0.4, 0.5) is 5.69 Å². The zero-order valence-corrected chi connectivity index (χ0v) is 11.6. The van der Waals surface area contributed by atoms with Crippen LogP contribution in [-0.4, -0.2) is 6.73 Å². The van der Waals surface area contributed by atoms with Crippen molar-refractivity contribution in [3.8, 4) is 0 Å². The Morgan fingerprint density at radius 2 is 1.83 bits per heavy atom. The Kier molecular flexibility index (Phi) is 3.35. The molecule has 0 fully saturated rings. The quantitative estimate of drug-likeness (QED) is 0.833. The average Bonchev–Trinajstić information content (AvgIpc) is 2.42. The topological polar surface area (TPSA) is 12.5 Å². The lowest BCUT2D eigenvalue weighted by Crippen LogP contribution is -2.30.